The lowest BCUT2D eigenvalue weighted by Crippen LogP contribution is -2.59. The second-order valence-corrected chi connectivity index (χ2v) is 5.59. The molecule has 0 saturated carbocycles. The zero-order chi connectivity index (χ0) is 19.0. The van der Waals surface area contributed by atoms with Gasteiger partial charge in [-0.1, -0.05) is 0 Å². The summed E-state index contributed by atoms with van der Waals surface area (Å²) in [5.74, 6) is -2.34. The first-order valence-electron chi connectivity index (χ1n) is 7.07. The number of aliphatic carboxylic acids is 1. The molecule has 8 N–H and O–H groups in total. The number of ether oxygens (including phenoxy) is 3. The molecule has 0 radical (unpaired) electrons. The van der Waals surface area contributed by atoms with E-state index in [-0.39, 0.29) is 0 Å². The Morgan fingerprint density at radius 2 is 1.32 bits per heavy atom. The lowest BCUT2D eigenvalue weighted by atomic mass is 9.99. The van der Waals surface area contributed by atoms with Gasteiger partial charge in [0.1, 0.15) is 30.5 Å². The zero-order valence-corrected chi connectivity index (χ0v) is 12.4. The summed E-state index contributed by atoms with van der Waals surface area (Å²) in [5, 5.41) is 71.5. The van der Waals surface area contributed by atoms with Crippen molar-refractivity contribution in [3.63, 3.8) is 0 Å². The minimum Gasteiger partial charge on any atom is -0.479 e. The average Bonchev–Trinajstić information content (AvgIpc) is 2.99. The summed E-state index contributed by atoms with van der Waals surface area (Å²) in [6.45, 7) is 0. The normalized spacial score (nSPS) is 49.0. The highest BCUT2D eigenvalue weighted by Gasteiger charge is 2.56. The van der Waals surface area contributed by atoms with Gasteiger partial charge in [-0.15, -0.1) is 0 Å². The quantitative estimate of drug-likeness (QED) is 0.202. The fourth-order valence-electron chi connectivity index (χ4n) is 2.47. The molecule has 13 nitrogen and oxygen atoms in total. The highest BCUT2D eigenvalue weighted by molar-refractivity contribution is 5.78. The van der Waals surface area contributed by atoms with Crippen molar-refractivity contribution >= 4 is 11.9 Å². The number of rotatable bonds is 1. The summed E-state index contributed by atoms with van der Waals surface area (Å²) >= 11 is 0. The predicted molar refractivity (Wildman–Crippen MR) is 69.3 cm³/mol. The number of fused-ring (bicyclic) bond motifs is 1. The molecule has 144 valence electrons. The van der Waals surface area contributed by atoms with Gasteiger partial charge in [0, 0.05) is 0 Å². The van der Waals surface area contributed by atoms with Crippen molar-refractivity contribution in [2.75, 3.05) is 0 Å². The Balaban J connectivity index is 0.000000181. The average molecular weight is 370 g/mol. The number of carboxylic acid groups (broad SMARTS) is 1. The van der Waals surface area contributed by atoms with Crippen LogP contribution in [0.4, 0.5) is 0 Å². The van der Waals surface area contributed by atoms with Gasteiger partial charge in [0.25, 0.3) is 0 Å². The van der Waals surface area contributed by atoms with Gasteiger partial charge in [0.15, 0.2) is 30.9 Å². The van der Waals surface area contributed by atoms with E-state index in [1.807, 2.05) is 0 Å². The molecule has 0 aromatic rings. The highest BCUT2D eigenvalue weighted by atomic mass is 16.7. The second-order valence-electron chi connectivity index (χ2n) is 5.59. The fraction of sp³-hybridized carbons (Fsp3) is 0.833. The molecule has 3 heterocycles. The number of aliphatic hydroxyl groups excluding tert-OH is 7. The fourth-order valence-corrected chi connectivity index (χ4v) is 2.47. The highest BCUT2D eigenvalue weighted by Crippen LogP contribution is 2.30. The first kappa shape index (κ1) is 19.9. The standard InChI is InChI=1S/C6H10O7.C6H8O6/c7-1-2(8)4(5(10)11)13-6(12)3(1)9;7-1-3-4(12-5(1)9)2(8)6(10)11-3/h1-4,6-9,12H,(H,10,11);1-5,7-9H. The number of hydrogen-bond acceptors (Lipinski definition) is 12. The van der Waals surface area contributed by atoms with E-state index in [0.29, 0.717) is 0 Å². The first-order chi connectivity index (χ1) is 11.6. The number of aliphatic hydroxyl groups is 7. The maximum Gasteiger partial charge on any atom is 0.338 e. The lowest BCUT2D eigenvalue weighted by Gasteiger charge is -2.36. The van der Waals surface area contributed by atoms with Crippen molar-refractivity contribution in [3.8, 4) is 0 Å². The number of hydrogen-bond donors (Lipinski definition) is 8. The van der Waals surface area contributed by atoms with Crippen LogP contribution in [0.15, 0.2) is 0 Å². The molecule has 3 rings (SSSR count). The van der Waals surface area contributed by atoms with Crippen LogP contribution in [0, 0.1) is 0 Å². The van der Waals surface area contributed by atoms with Crippen molar-refractivity contribution in [3.05, 3.63) is 0 Å². The smallest absolute Gasteiger partial charge is 0.338 e. The number of esters is 1. The van der Waals surface area contributed by atoms with Gasteiger partial charge in [0.05, 0.1) is 0 Å². The van der Waals surface area contributed by atoms with Crippen LogP contribution < -0.4 is 0 Å². The molecule has 25 heavy (non-hydrogen) atoms. The van der Waals surface area contributed by atoms with Gasteiger partial charge in [0.2, 0.25) is 0 Å². The van der Waals surface area contributed by atoms with Crippen molar-refractivity contribution < 1.29 is 64.7 Å². The van der Waals surface area contributed by atoms with E-state index >= 15 is 0 Å². The van der Waals surface area contributed by atoms with Crippen molar-refractivity contribution in [2.24, 2.45) is 0 Å². The Labute approximate surface area is 139 Å². The third-order valence-corrected chi connectivity index (χ3v) is 3.89. The van der Waals surface area contributed by atoms with Crippen LogP contribution in [-0.4, -0.2) is 114 Å². The van der Waals surface area contributed by atoms with Gasteiger partial charge >= 0.3 is 11.9 Å². The molecule has 3 aliphatic heterocycles. The third-order valence-electron chi connectivity index (χ3n) is 3.89. The molecule has 3 saturated heterocycles. The maximum atomic E-state index is 10.7. The molecule has 10 atom stereocenters. The van der Waals surface area contributed by atoms with Crippen molar-refractivity contribution in [1.82, 2.24) is 0 Å². The molecule has 0 aromatic heterocycles. The molecule has 13 heteroatoms. The molecule has 0 bridgehead atoms. The van der Waals surface area contributed by atoms with Crippen LogP contribution >= 0.6 is 0 Å². The summed E-state index contributed by atoms with van der Waals surface area (Å²) < 4.78 is 13.6. The summed E-state index contributed by atoms with van der Waals surface area (Å²) in [6, 6.07) is 0. The largest absolute Gasteiger partial charge is 0.479 e. The van der Waals surface area contributed by atoms with E-state index in [9.17, 15) is 9.59 Å². The zero-order valence-electron chi connectivity index (χ0n) is 12.4. The van der Waals surface area contributed by atoms with Crippen LogP contribution in [0.25, 0.3) is 0 Å². The topological polar surface area (TPSA) is 224 Å². The van der Waals surface area contributed by atoms with Crippen molar-refractivity contribution in [2.45, 2.75) is 61.4 Å². The monoisotopic (exact) mass is 370 g/mol. The summed E-state index contributed by atoms with van der Waals surface area (Å²) in [7, 11) is 0. The van der Waals surface area contributed by atoms with Gasteiger partial charge in [-0.3, -0.25) is 0 Å². The maximum absolute atomic E-state index is 10.7. The van der Waals surface area contributed by atoms with Crippen LogP contribution in [0.3, 0.4) is 0 Å². The van der Waals surface area contributed by atoms with E-state index in [1.54, 1.807) is 0 Å². The van der Waals surface area contributed by atoms with Crippen LogP contribution in [-0.2, 0) is 23.8 Å². The molecule has 3 aliphatic rings. The van der Waals surface area contributed by atoms with E-state index in [0.717, 1.165) is 0 Å². The molecule has 0 spiro atoms. The Hall–Kier alpha value is -1.42. The van der Waals surface area contributed by atoms with Crippen LogP contribution in [0.5, 0.6) is 0 Å². The molecule has 0 aliphatic carbocycles. The number of carbonyl (C=O) groups excluding carboxylic acids is 1. The molecule has 0 amide bonds. The van der Waals surface area contributed by atoms with E-state index in [1.165, 1.54) is 0 Å². The van der Waals surface area contributed by atoms with Gasteiger partial charge < -0.3 is 55.1 Å². The van der Waals surface area contributed by atoms with E-state index in [2.05, 4.69) is 14.2 Å². The Bertz CT molecular complexity index is 511. The Kier molecular flexibility index (Phi) is 5.93. The van der Waals surface area contributed by atoms with E-state index in [4.69, 9.17) is 40.9 Å². The molecular formula is C12H18O13. The van der Waals surface area contributed by atoms with Crippen molar-refractivity contribution in [1.29, 1.82) is 0 Å². The van der Waals surface area contributed by atoms with Gasteiger partial charge in [-0.05, 0) is 0 Å². The lowest BCUT2D eigenvalue weighted by molar-refractivity contribution is -0.279. The third kappa shape index (κ3) is 3.74. The first-order valence-corrected chi connectivity index (χ1v) is 7.07. The molecule has 10 unspecified atom stereocenters. The van der Waals surface area contributed by atoms with E-state index < -0.39 is 73.4 Å². The van der Waals surface area contributed by atoms with Gasteiger partial charge in [-0.2, -0.15) is 0 Å². The SMILES string of the molecule is O=C(O)C1OC(O)C(O)C(O)C1O.O=C1OC2C(O)C(O)OC2C1O. The number of carboxylic acids is 1. The summed E-state index contributed by atoms with van der Waals surface area (Å²) in [4.78, 5) is 21.1. The number of carbonyl (C=O) groups is 2. The van der Waals surface area contributed by atoms with Crippen LogP contribution in [0.2, 0.25) is 0 Å². The van der Waals surface area contributed by atoms with Crippen LogP contribution in [0.1, 0.15) is 0 Å². The van der Waals surface area contributed by atoms with Gasteiger partial charge in [-0.25, -0.2) is 9.59 Å². The minimum absolute atomic E-state index is 0.823. The second kappa shape index (κ2) is 7.45. The summed E-state index contributed by atoms with van der Waals surface area (Å²) in [5.41, 5.74) is 0. The molecule has 0 aromatic carbocycles. The Morgan fingerprint density at radius 1 is 0.760 bits per heavy atom. The molecular weight excluding hydrogens is 352 g/mol. The predicted octanol–water partition coefficient (Wildman–Crippen LogP) is -5.78. The minimum atomic E-state index is -1.81. The summed E-state index contributed by atoms with van der Waals surface area (Å²) in [6.07, 6.45) is -14.7. The Morgan fingerprint density at radius 3 is 1.84 bits per heavy atom. The molecule has 3 fully saturated rings.